The molecule has 0 saturated heterocycles. The Morgan fingerprint density at radius 2 is 1.85 bits per heavy atom. The van der Waals surface area contributed by atoms with E-state index in [0.717, 1.165) is 19.2 Å². The van der Waals surface area contributed by atoms with Gasteiger partial charge in [0.05, 0.1) is 19.5 Å². The van der Waals surface area contributed by atoms with Crippen LogP contribution in [0.15, 0.2) is 16.6 Å². The Labute approximate surface area is 124 Å². The van der Waals surface area contributed by atoms with Crippen molar-refractivity contribution in [3.05, 3.63) is 28.2 Å². The molecule has 1 saturated carbocycles. The van der Waals surface area contributed by atoms with Gasteiger partial charge < -0.3 is 4.74 Å². The molecule has 0 atom stereocenters. The topological polar surface area (TPSA) is 52.6 Å². The second-order valence-electron chi connectivity index (χ2n) is 4.86. The molecule has 1 aromatic carbocycles. The third kappa shape index (κ3) is 3.67. The lowest BCUT2D eigenvalue weighted by Crippen LogP contribution is -2.24. The molecule has 4 nitrogen and oxygen atoms in total. The highest BCUT2D eigenvalue weighted by Crippen LogP contribution is 2.47. The summed E-state index contributed by atoms with van der Waals surface area (Å²) in [6.45, 7) is -0.0644. The largest absolute Gasteiger partial charge is 0.487 e. The van der Waals surface area contributed by atoms with E-state index < -0.39 is 32.9 Å². The fraction of sp³-hybridized carbons (Fsp3) is 0.500. The zero-order valence-corrected chi connectivity index (χ0v) is 13.1. The molecule has 1 aliphatic carbocycles. The van der Waals surface area contributed by atoms with Gasteiger partial charge in [0.2, 0.25) is 0 Å². The average molecular weight is 371 g/mol. The standard InChI is InChI=1S/C12H13BrF2O4S/c1-18-20(16,17)7-12(2-3-12)6-19-11-9(14)4-8(13)5-10(11)15/h4-5H,2-3,6-7H2,1H3. The predicted molar refractivity (Wildman–Crippen MR) is 72.0 cm³/mol. The molecule has 1 aromatic rings. The zero-order valence-electron chi connectivity index (χ0n) is 10.7. The van der Waals surface area contributed by atoms with Crippen molar-refractivity contribution in [3.8, 4) is 5.75 Å². The van der Waals surface area contributed by atoms with E-state index in [1.54, 1.807) is 0 Å². The average Bonchev–Trinajstić information content (AvgIpc) is 3.07. The molecule has 0 unspecified atom stereocenters. The summed E-state index contributed by atoms with van der Waals surface area (Å²) in [7, 11) is -2.54. The molecule has 0 heterocycles. The summed E-state index contributed by atoms with van der Waals surface area (Å²) in [5.74, 6) is -2.37. The van der Waals surface area contributed by atoms with E-state index in [4.69, 9.17) is 4.74 Å². The molecule has 2 rings (SSSR count). The summed E-state index contributed by atoms with van der Waals surface area (Å²) in [5.41, 5.74) is -0.610. The number of halogens is 3. The molecule has 0 aromatic heterocycles. The van der Waals surface area contributed by atoms with Crippen molar-refractivity contribution in [1.29, 1.82) is 0 Å². The Morgan fingerprint density at radius 1 is 1.30 bits per heavy atom. The third-order valence-electron chi connectivity index (χ3n) is 3.18. The van der Waals surface area contributed by atoms with Crippen molar-refractivity contribution in [2.24, 2.45) is 5.41 Å². The van der Waals surface area contributed by atoms with Crippen molar-refractivity contribution < 1.29 is 26.1 Å². The Balaban J connectivity index is 2.06. The van der Waals surface area contributed by atoms with Crippen LogP contribution in [0.4, 0.5) is 8.78 Å². The minimum absolute atomic E-state index is 0.0644. The molecule has 0 N–H and O–H groups in total. The summed E-state index contributed by atoms with van der Waals surface area (Å²) < 4.78 is 59.8. The van der Waals surface area contributed by atoms with Crippen molar-refractivity contribution in [3.63, 3.8) is 0 Å². The number of rotatable bonds is 6. The van der Waals surface area contributed by atoms with Crippen LogP contribution < -0.4 is 4.74 Å². The molecule has 0 spiro atoms. The van der Waals surface area contributed by atoms with Gasteiger partial charge in [-0.1, -0.05) is 15.9 Å². The van der Waals surface area contributed by atoms with Gasteiger partial charge in [0, 0.05) is 9.89 Å². The minimum atomic E-state index is -3.62. The molecule has 1 aliphatic rings. The highest BCUT2D eigenvalue weighted by Gasteiger charge is 2.47. The lowest BCUT2D eigenvalue weighted by molar-refractivity contribution is 0.225. The molecule has 8 heteroatoms. The van der Waals surface area contributed by atoms with Crippen LogP contribution in [0.2, 0.25) is 0 Å². The first-order chi connectivity index (χ1) is 9.27. The lowest BCUT2D eigenvalue weighted by atomic mass is 10.2. The van der Waals surface area contributed by atoms with Gasteiger partial charge in [0.15, 0.2) is 17.4 Å². The van der Waals surface area contributed by atoms with Crippen LogP contribution in [-0.4, -0.2) is 27.9 Å². The van der Waals surface area contributed by atoms with Gasteiger partial charge in [0.25, 0.3) is 10.1 Å². The fourth-order valence-corrected chi connectivity index (χ4v) is 3.47. The van der Waals surface area contributed by atoms with E-state index in [2.05, 4.69) is 20.1 Å². The normalized spacial score (nSPS) is 17.0. The van der Waals surface area contributed by atoms with E-state index in [0.29, 0.717) is 12.8 Å². The van der Waals surface area contributed by atoms with Crippen molar-refractivity contribution in [1.82, 2.24) is 0 Å². The van der Waals surface area contributed by atoms with Crippen LogP contribution >= 0.6 is 15.9 Å². The highest BCUT2D eigenvalue weighted by molar-refractivity contribution is 9.10. The molecular formula is C12H13BrF2O4S. The van der Waals surface area contributed by atoms with E-state index in [9.17, 15) is 17.2 Å². The number of hydrogen-bond acceptors (Lipinski definition) is 4. The molecule has 0 aliphatic heterocycles. The number of hydrogen-bond donors (Lipinski definition) is 0. The summed E-state index contributed by atoms with van der Waals surface area (Å²) in [6.07, 6.45) is 1.24. The number of ether oxygens (including phenoxy) is 1. The molecule has 1 fully saturated rings. The smallest absolute Gasteiger partial charge is 0.267 e. The summed E-state index contributed by atoms with van der Waals surface area (Å²) >= 11 is 2.97. The Bertz CT molecular complexity index is 591. The monoisotopic (exact) mass is 370 g/mol. The van der Waals surface area contributed by atoms with E-state index in [-0.39, 0.29) is 16.8 Å². The maximum atomic E-state index is 13.6. The second kappa shape index (κ2) is 5.57. The minimum Gasteiger partial charge on any atom is -0.487 e. The fourth-order valence-electron chi connectivity index (χ4n) is 1.83. The van der Waals surface area contributed by atoms with Crippen LogP contribution in [-0.2, 0) is 14.3 Å². The highest BCUT2D eigenvalue weighted by atomic mass is 79.9. The Morgan fingerprint density at radius 3 is 2.30 bits per heavy atom. The molecule has 0 bridgehead atoms. The van der Waals surface area contributed by atoms with Crippen molar-refractivity contribution in [2.75, 3.05) is 19.5 Å². The van der Waals surface area contributed by atoms with E-state index in [1.165, 1.54) is 0 Å². The molecule has 0 radical (unpaired) electrons. The summed E-state index contributed by atoms with van der Waals surface area (Å²) in [4.78, 5) is 0. The van der Waals surface area contributed by atoms with Gasteiger partial charge in [-0.25, -0.2) is 8.78 Å². The van der Waals surface area contributed by atoms with Crippen LogP contribution in [0.5, 0.6) is 5.75 Å². The first kappa shape index (κ1) is 15.7. The Kier molecular flexibility index (Phi) is 4.36. The summed E-state index contributed by atoms with van der Waals surface area (Å²) in [6, 6.07) is 2.17. The molecule has 20 heavy (non-hydrogen) atoms. The second-order valence-corrected chi connectivity index (χ2v) is 7.51. The molecular weight excluding hydrogens is 358 g/mol. The van der Waals surface area contributed by atoms with Crippen molar-refractivity contribution >= 4 is 26.0 Å². The van der Waals surface area contributed by atoms with Crippen LogP contribution in [0.25, 0.3) is 0 Å². The Hall–Kier alpha value is -0.730. The van der Waals surface area contributed by atoms with Crippen molar-refractivity contribution in [2.45, 2.75) is 12.8 Å². The van der Waals surface area contributed by atoms with Gasteiger partial charge in [-0.3, -0.25) is 4.18 Å². The number of benzene rings is 1. The summed E-state index contributed by atoms with van der Waals surface area (Å²) in [5, 5.41) is 0. The molecule has 112 valence electrons. The molecule has 0 amide bonds. The lowest BCUT2D eigenvalue weighted by Gasteiger charge is -2.16. The SMILES string of the molecule is COS(=O)(=O)CC1(COc2c(F)cc(Br)cc2F)CC1. The van der Waals surface area contributed by atoms with E-state index >= 15 is 0 Å². The van der Waals surface area contributed by atoms with Gasteiger partial charge in [0.1, 0.15) is 0 Å². The maximum absolute atomic E-state index is 13.6. The van der Waals surface area contributed by atoms with Crippen LogP contribution in [0, 0.1) is 17.0 Å². The maximum Gasteiger partial charge on any atom is 0.267 e. The van der Waals surface area contributed by atoms with Gasteiger partial charge in [-0.15, -0.1) is 0 Å². The quantitative estimate of drug-likeness (QED) is 0.722. The predicted octanol–water partition coefficient (Wildman–Crippen LogP) is 2.86. The van der Waals surface area contributed by atoms with Gasteiger partial charge in [-0.2, -0.15) is 8.42 Å². The van der Waals surface area contributed by atoms with E-state index in [1.807, 2.05) is 0 Å². The van der Waals surface area contributed by atoms with Gasteiger partial charge in [-0.05, 0) is 25.0 Å². The first-order valence-corrected chi connectivity index (χ1v) is 8.20. The van der Waals surface area contributed by atoms with Crippen LogP contribution in [0.3, 0.4) is 0 Å². The van der Waals surface area contributed by atoms with Crippen LogP contribution in [0.1, 0.15) is 12.8 Å². The van der Waals surface area contributed by atoms with Gasteiger partial charge >= 0.3 is 0 Å². The zero-order chi connectivity index (χ0) is 15.0. The third-order valence-corrected chi connectivity index (χ3v) is 5.11. The first-order valence-electron chi connectivity index (χ1n) is 5.83.